The molecule has 192 valence electrons. The molecule has 1 aromatic heterocycles. The van der Waals surface area contributed by atoms with E-state index in [1.165, 1.54) is 0 Å². The molecule has 8 nitrogen and oxygen atoms in total. The summed E-state index contributed by atoms with van der Waals surface area (Å²) in [6.07, 6.45) is 1.13. The van der Waals surface area contributed by atoms with E-state index in [1.54, 1.807) is 30.3 Å². The minimum atomic E-state index is -0.972. The number of aromatic nitrogens is 2. The molecule has 9 heteroatoms. The first-order valence-electron chi connectivity index (χ1n) is 12.5. The van der Waals surface area contributed by atoms with Crippen LogP contribution in [0, 0.1) is 11.2 Å². The van der Waals surface area contributed by atoms with Gasteiger partial charge in [0, 0.05) is 45.5 Å². The van der Waals surface area contributed by atoms with Crippen molar-refractivity contribution in [3.8, 4) is 11.3 Å². The lowest BCUT2D eigenvalue weighted by Crippen LogP contribution is -2.42. The number of rotatable bonds is 6. The number of fused-ring (bicyclic) bond motifs is 3. The Morgan fingerprint density at radius 1 is 1.00 bits per heavy atom. The molecule has 1 atom stereocenters. The predicted molar refractivity (Wildman–Crippen MR) is 136 cm³/mol. The number of hydrogen-bond donors (Lipinski definition) is 1. The van der Waals surface area contributed by atoms with E-state index in [2.05, 4.69) is 16.8 Å². The van der Waals surface area contributed by atoms with E-state index in [9.17, 15) is 19.2 Å². The fraction of sp³-hybridized carbons (Fsp3) is 0.241. The molecule has 0 bridgehead atoms. The van der Waals surface area contributed by atoms with Crippen LogP contribution in [0.25, 0.3) is 11.3 Å². The predicted octanol–water partition coefficient (Wildman–Crippen LogP) is 3.09. The first-order chi connectivity index (χ1) is 18.3. The minimum absolute atomic E-state index is 0.0359. The van der Waals surface area contributed by atoms with Gasteiger partial charge in [-0.3, -0.25) is 14.2 Å². The number of aryl methyl sites for hydroxylation is 2. The minimum Gasteiger partial charge on any atom is -0.359 e. The molecule has 1 unspecified atom stereocenters. The highest BCUT2D eigenvalue weighted by Crippen LogP contribution is 2.36. The van der Waals surface area contributed by atoms with Gasteiger partial charge < -0.3 is 15.4 Å². The summed E-state index contributed by atoms with van der Waals surface area (Å²) in [5, 5.41) is 14.7. The molecule has 6 rings (SSSR count). The summed E-state index contributed by atoms with van der Waals surface area (Å²) in [7, 11) is 2.15. The van der Waals surface area contributed by atoms with Crippen molar-refractivity contribution in [2.24, 2.45) is 5.73 Å². The molecule has 38 heavy (non-hydrogen) atoms. The monoisotopic (exact) mass is 513 g/mol. The SMILES string of the molecule is C[N+]1(CCN)Cc2cc3c(cc2C1)C(=O)c1c(CCc2ccc(-c4c(F)no[n+]4[O-])cc2)cccc1C3=O. The molecule has 0 amide bonds. The third-order valence-electron chi connectivity index (χ3n) is 7.71. The molecule has 2 N–H and O–H groups in total. The van der Waals surface area contributed by atoms with E-state index >= 15 is 0 Å². The van der Waals surface area contributed by atoms with Gasteiger partial charge in [0.15, 0.2) is 11.6 Å². The molecular weight excluding hydrogens is 487 g/mol. The Morgan fingerprint density at radius 3 is 2.32 bits per heavy atom. The summed E-state index contributed by atoms with van der Waals surface area (Å²) in [6, 6.07) is 16.1. The largest absolute Gasteiger partial charge is 0.394 e. The molecule has 1 aliphatic heterocycles. The van der Waals surface area contributed by atoms with Gasteiger partial charge in [0.1, 0.15) is 13.1 Å². The zero-order chi connectivity index (χ0) is 26.6. The summed E-state index contributed by atoms with van der Waals surface area (Å²) in [5.41, 5.74) is 11.7. The van der Waals surface area contributed by atoms with Crippen LogP contribution in [-0.4, -0.2) is 41.3 Å². The lowest BCUT2D eigenvalue weighted by molar-refractivity contribution is -0.927. The number of likely N-dealkylation sites (N-methyl/N-ethyl adjacent to an activating group) is 1. The van der Waals surface area contributed by atoms with Crippen LogP contribution in [0.3, 0.4) is 0 Å². The first kappa shape index (κ1) is 24.1. The van der Waals surface area contributed by atoms with E-state index < -0.39 is 5.95 Å². The van der Waals surface area contributed by atoms with E-state index in [4.69, 9.17) is 5.73 Å². The Kier molecular flexibility index (Phi) is 5.70. The Labute approximate surface area is 218 Å². The summed E-state index contributed by atoms with van der Waals surface area (Å²) < 4.78 is 18.8. The lowest BCUT2D eigenvalue weighted by Gasteiger charge is -2.28. The van der Waals surface area contributed by atoms with Crippen molar-refractivity contribution in [3.05, 3.63) is 110 Å². The Bertz CT molecular complexity index is 1590. The molecule has 0 saturated carbocycles. The molecule has 3 aromatic carbocycles. The highest BCUT2D eigenvalue weighted by molar-refractivity contribution is 6.29. The van der Waals surface area contributed by atoms with Crippen molar-refractivity contribution >= 4 is 11.6 Å². The maximum Gasteiger partial charge on any atom is 0.394 e. The molecule has 0 saturated heterocycles. The average Bonchev–Trinajstić information content (AvgIpc) is 3.42. The van der Waals surface area contributed by atoms with E-state index in [1.807, 2.05) is 24.3 Å². The lowest BCUT2D eigenvalue weighted by atomic mass is 9.79. The zero-order valence-electron chi connectivity index (χ0n) is 20.9. The van der Waals surface area contributed by atoms with Gasteiger partial charge in [-0.2, -0.15) is 0 Å². The summed E-state index contributed by atoms with van der Waals surface area (Å²) in [4.78, 5) is 27.3. The molecule has 4 aromatic rings. The molecule has 2 heterocycles. The fourth-order valence-corrected chi connectivity index (χ4v) is 5.82. The number of carbonyl (C=O) groups is 2. The van der Waals surface area contributed by atoms with E-state index in [0.29, 0.717) is 47.2 Å². The molecule has 1 aliphatic carbocycles. The van der Waals surface area contributed by atoms with Crippen LogP contribution in [0.1, 0.15) is 54.1 Å². The first-order valence-corrected chi connectivity index (χ1v) is 12.5. The summed E-state index contributed by atoms with van der Waals surface area (Å²) >= 11 is 0. The molecular formula is C29H26FN4O4+. The number of ketones is 2. The quantitative estimate of drug-likeness (QED) is 0.276. The Morgan fingerprint density at radius 2 is 1.68 bits per heavy atom. The second-order valence-electron chi connectivity index (χ2n) is 10.4. The van der Waals surface area contributed by atoms with E-state index in [0.717, 1.165) is 46.4 Å². The molecule has 0 spiro atoms. The fourth-order valence-electron chi connectivity index (χ4n) is 5.82. The van der Waals surface area contributed by atoms with Crippen LogP contribution in [0.5, 0.6) is 0 Å². The maximum atomic E-state index is 13.8. The maximum absolute atomic E-state index is 13.8. The van der Waals surface area contributed by atoms with Crippen LogP contribution >= 0.6 is 0 Å². The van der Waals surface area contributed by atoms with Crippen LogP contribution in [0.4, 0.5) is 4.39 Å². The third-order valence-corrected chi connectivity index (χ3v) is 7.71. The van der Waals surface area contributed by atoms with Crippen LogP contribution in [0.15, 0.2) is 59.2 Å². The van der Waals surface area contributed by atoms with Gasteiger partial charge in [0.2, 0.25) is 0 Å². The normalized spacial score (nSPS) is 17.9. The summed E-state index contributed by atoms with van der Waals surface area (Å²) in [6.45, 7) is 3.00. The highest BCUT2D eigenvalue weighted by Gasteiger charge is 2.37. The van der Waals surface area contributed by atoms with Crippen molar-refractivity contribution in [3.63, 3.8) is 0 Å². The number of nitrogens with zero attached hydrogens (tertiary/aromatic N) is 3. The average molecular weight is 514 g/mol. The van der Waals surface area contributed by atoms with Crippen LogP contribution in [-0.2, 0) is 25.9 Å². The van der Waals surface area contributed by atoms with Gasteiger partial charge in [-0.15, -0.1) is 4.39 Å². The van der Waals surface area contributed by atoms with Crippen molar-refractivity contribution in [2.75, 3.05) is 20.1 Å². The van der Waals surface area contributed by atoms with Crippen molar-refractivity contribution in [2.45, 2.75) is 25.9 Å². The van der Waals surface area contributed by atoms with Gasteiger partial charge >= 0.3 is 5.95 Å². The number of hydrogen-bond acceptors (Lipinski definition) is 6. The number of carbonyl (C=O) groups excluding carboxylic acids is 2. The highest BCUT2D eigenvalue weighted by atomic mass is 19.1. The van der Waals surface area contributed by atoms with Gasteiger partial charge in [-0.1, -0.05) is 42.5 Å². The van der Waals surface area contributed by atoms with Crippen molar-refractivity contribution in [1.82, 2.24) is 5.16 Å². The topological polar surface area (TPSA) is 113 Å². The number of quaternary nitrogens is 1. The summed E-state index contributed by atoms with van der Waals surface area (Å²) in [5.74, 6) is -1.21. The molecule has 0 radical (unpaired) electrons. The van der Waals surface area contributed by atoms with Gasteiger partial charge in [0.05, 0.1) is 18.7 Å². The van der Waals surface area contributed by atoms with Crippen LogP contribution < -0.4 is 10.6 Å². The smallest absolute Gasteiger partial charge is 0.359 e. The third kappa shape index (κ3) is 3.91. The van der Waals surface area contributed by atoms with Crippen molar-refractivity contribution in [1.29, 1.82) is 0 Å². The molecule has 2 aliphatic rings. The Hall–Kier alpha value is -4.21. The van der Waals surface area contributed by atoms with Crippen molar-refractivity contribution < 1.29 is 28.0 Å². The molecule has 0 fully saturated rings. The Balaban J connectivity index is 1.27. The second kappa shape index (κ2) is 8.97. The van der Waals surface area contributed by atoms with E-state index in [-0.39, 0.29) is 22.2 Å². The van der Waals surface area contributed by atoms with Gasteiger partial charge in [0.25, 0.3) is 5.69 Å². The van der Waals surface area contributed by atoms with Gasteiger partial charge in [-0.05, 0) is 41.0 Å². The standard InChI is InChI=1S/C29H26FN4O4/c1-34(12-11-31)15-20-13-23-24(14-21(20)16-34)28(36)25-18(3-2-4-22(25)27(23)35)8-5-17-6-9-19(10-7-17)26-29(30)32-38-33(26)37/h2-4,6-7,9-10,13-14H,5,8,11-12,15-16,31H2,1H3/q+1. The zero-order valence-corrected chi connectivity index (χ0v) is 20.9. The second-order valence-corrected chi connectivity index (χ2v) is 10.4. The number of benzene rings is 3. The van der Waals surface area contributed by atoms with Crippen LogP contribution in [0.2, 0.25) is 0 Å². The number of halogens is 1. The number of nitrogens with two attached hydrogens (primary N) is 1. The van der Waals surface area contributed by atoms with Gasteiger partial charge in [-0.25, -0.2) is 0 Å².